The third-order valence-electron chi connectivity index (χ3n) is 20.1. The summed E-state index contributed by atoms with van der Waals surface area (Å²) in [4.78, 5) is 0. The molecule has 1 aliphatic carbocycles. The Morgan fingerprint density at radius 2 is 0.881 bits per heavy atom. The summed E-state index contributed by atoms with van der Waals surface area (Å²) < 4.78 is 17.3. The minimum atomic E-state index is -0.367. The molecule has 0 atom stereocenters. The third kappa shape index (κ3) is 21.6. The molecule has 0 aromatic heterocycles. The van der Waals surface area contributed by atoms with E-state index in [1.807, 2.05) is 61.6 Å². The van der Waals surface area contributed by atoms with Crippen LogP contribution in [0.4, 0.5) is 0 Å². The van der Waals surface area contributed by atoms with Gasteiger partial charge in [0.15, 0.2) is 0 Å². The lowest BCUT2D eigenvalue weighted by molar-refractivity contribution is 0.269. The summed E-state index contributed by atoms with van der Waals surface area (Å²) in [5.74, 6) is 1.85. The second-order valence-corrected chi connectivity index (χ2v) is 28.3. The lowest BCUT2D eigenvalue weighted by atomic mass is 9.67. The van der Waals surface area contributed by atoms with E-state index in [-0.39, 0.29) is 5.41 Å². The molecular formula is C106H112O3. The van der Waals surface area contributed by atoms with Gasteiger partial charge in [-0.3, -0.25) is 0 Å². The molecule has 0 saturated heterocycles. The highest BCUT2D eigenvalue weighted by Gasteiger charge is 2.46. The summed E-state index contributed by atoms with van der Waals surface area (Å²) >= 11 is 0. The number of rotatable bonds is 29. The van der Waals surface area contributed by atoms with Crippen molar-refractivity contribution in [2.24, 2.45) is 0 Å². The smallest absolute Gasteiger partial charge is 0.130 e. The molecule has 12 rings (SSSR count). The van der Waals surface area contributed by atoms with Crippen LogP contribution in [0.1, 0.15) is 129 Å². The van der Waals surface area contributed by atoms with E-state index in [2.05, 4.69) is 326 Å². The van der Waals surface area contributed by atoms with Gasteiger partial charge in [0, 0.05) is 10.8 Å². The normalized spacial score (nSPS) is 12.3. The van der Waals surface area contributed by atoms with Crippen LogP contribution in [0.5, 0.6) is 11.5 Å². The van der Waals surface area contributed by atoms with Crippen LogP contribution in [0.2, 0.25) is 0 Å². The summed E-state index contributed by atoms with van der Waals surface area (Å²) in [6, 6.07) is 72.0. The van der Waals surface area contributed by atoms with Crippen LogP contribution in [0, 0.1) is 55.4 Å². The Kier molecular flexibility index (Phi) is 31.1. The van der Waals surface area contributed by atoms with Gasteiger partial charge in [-0.2, -0.15) is 0 Å². The Balaban J connectivity index is 0.000000171. The molecule has 0 N–H and O–H groups in total. The Bertz CT molecular complexity index is 5030. The predicted molar refractivity (Wildman–Crippen MR) is 474 cm³/mol. The molecule has 0 spiro atoms. The average molecular weight is 1430 g/mol. The van der Waals surface area contributed by atoms with Crippen LogP contribution in [-0.2, 0) is 35.8 Å². The van der Waals surface area contributed by atoms with E-state index in [4.69, 9.17) is 14.2 Å². The second-order valence-electron chi connectivity index (χ2n) is 28.3. The molecule has 554 valence electrons. The Morgan fingerprint density at radius 3 is 1.45 bits per heavy atom. The number of ether oxygens (including phenoxy) is 3. The fourth-order valence-corrected chi connectivity index (χ4v) is 14.4. The van der Waals surface area contributed by atoms with Crippen molar-refractivity contribution in [1.82, 2.24) is 0 Å². The van der Waals surface area contributed by atoms with Crippen LogP contribution < -0.4 is 9.47 Å². The Morgan fingerprint density at radius 1 is 0.404 bits per heavy atom. The highest BCUT2D eigenvalue weighted by Crippen LogP contribution is 2.57. The van der Waals surface area contributed by atoms with Gasteiger partial charge in [0.05, 0.1) is 31.5 Å². The topological polar surface area (TPSA) is 27.7 Å². The summed E-state index contributed by atoms with van der Waals surface area (Å²) in [7, 11) is 0. The van der Waals surface area contributed by atoms with Gasteiger partial charge in [-0.1, -0.05) is 345 Å². The molecular weight excluding hydrogens is 1320 g/mol. The van der Waals surface area contributed by atoms with Crippen molar-refractivity contribution in [2.45, 2.75) is 126 Å². The number of hydrogen-bond donors (Lipinski definition) is 0. The number of hydrogen-bond acceptors (Lipinski definition) is 3. The van der Waals surface area contributed by atoms with E-state index in [1.165, 1.54) is 139 Å². The molecule has 0 bridgehead atoms. The van der Waals surface area contributed by atoms with Gasteiger partial charge in [0.2, 0.25) is 0 Å². The summed E-state index contributed by atoms with van der Waals surface area (Å²) in [5, 5.41) is 7.63. The predicted octanol–water partition coefficient (Wildman–Crippen LogP) is 28.4. The molecule has 0 aliphatic heterocycles. The molecule has 0 saturated carbocycles. The minimum absolute atomic E-state index is 0.367. The maximum Gasteiger partial charge on any atom is 0.130 e. The van der Waals surface area contributed by atoms with E-state index in [1.54, 1.807) is 18.4 Å². The molecule has 0 unspecified atom stereocenters. The lowest BCUT2D eigenvalue weighted by Gasteiger charge is -2.34. The fraction of sp³-hybridized carbons (Fsp3) is 0.208. The first kappa shape index (κ1) is 81.6. The van der Waals surface area contributed by atoms with E-state index < -0.39 is 0 Å². The molecule has 3 heteroatoms. The van der Waals surface area contributed by atoms with Gasteiger partial charge in [-0.05, 0) is 244 Å². The van der Waals surface area contributed by atoms with Crippen molar-refractivity contribution in [1.29, 1.82) is 0 Å². The van der Waals surface area contributed by atoms with Gasteiger partial charge in [-0.25, -0.2) is 0 Å². The number of fused-ring (bicyclic) bond motifs is 6. The van der Waals surface area contributed by atoms with E-state index in [0.29, 0.717) is 19.8 Å². The zero-order valence-corrected chi connectivity index (χ0v) is 66.4. The zero-order chi connectivity index (χ0) is 77.5. The summed E-state index contributed by atoms with van der Waals surface area (Å²) in [6.45, 7) is 42.1. The summed E-state index contributed by atoms with van der Waals surface area (Å²) in [5.41, 5.74) is 27.2. The molecule has 1 aliphatic rings. The first-order chi connectivity index (χ1) is 53.1. The third-order valence-corrected chi connectivity index (χ3v) is 20.1. The molecule has 0 radical (unpaired) electrons. The maximum atomic E-state index is 6.09. The van der Waals surface area contributed by atoms with Crippen molar-refractivity contribution in [3.8, 4) is 33.8 Å². The minimum Gasteiger partial charge on any atom is -0.501 e. The van der Waals surface area contributed by atoms with Crippen molar-refractivity contribution in [3.63, 3.8) is 0 Å². The molecule has 0 amide bonds. The number of aryl methyl sites for hydroxylation is 9. The monoisotopic (exact) mass is 1430 g/mol. The maximum absolute atomic E-state index is 6.09. The standard InChI is InChI=1S/C37H34.C24H28O2.C23H24O.C22H26/c1-5-7-9-11-29-15-19-31(20-16-29)37(32-21-17-30(18-22-32)12-10-8-6-2)35-25-27(3)13-23-33(35)34-24-14-28(4)26-36(34)37;1-5-7-9-11-15-25-23-18-20(4)24(26-16-12-10-8-6-2)21-14-13-19(3)17-22(21)23;1-4-24-15-9-5-6-10-19-13-14-22-17(2)20-11-7-8-12-21(20)18(3)23(22)16-19;1-5-17(2)8-6-7-9-21-16-19(4)12-15-22(21)20-13-10-18(3)11-14-20/h5-10,13-26H,1-2,11-12H2,3-4H3;5-10,13-14,17-18H,1-2,11-12,15-16H2,3-4H3;5-9,11-16H,4,10H2,1-3H3;5,8,10-16H,1,6-7,9H2,2-4H3/b9-7+,10-8+;9-7-,10-8-;6-5+,15-9+;17-8+. The molecule has 0 heterocycles. The molecule has 11 aromatic carbocycles. The quantitative estimate of drug-likeness (QED) is 0.0202. The molecule has 3 nitrogen and oxygen atoms in total. The number of allylic oxidation sites excluding steroid dienone is 16. The van der Waals surface area contributed by atoms with Crippen LogP contribution in [0.15, 0.2) is 342 Å². The van der Waals surface area contributed by atoms with Gasteiger partial charge >= 0.3 is 0 Å². The van der Waals surface area contributed by atoms with Gasteiger partial charge in [-0.15, -0.1) is 0 Å². The van der Waals surface area contributed by atoms with Crippen molar-refractivity contribution >= 4 is 32.3 Å². The average Bonchev–Trinajstić information content (AvgIpc) is 1.54. The zero-order valence-electron chi connectivity index (χ0n) is 66.4. The number of benzene rings is 11. The van der Waals surface area contributed by atoms with Crippen molar-refractivity contribution in [2.75, 3.05) is 19.8 Å². The van der Waals surface area contributed by atoms with E-state index in [0.717, 1.165) is 72.8 Å². The summed E-state index contributed by atoms with van der Waals surface area (Å²) in [6.07, 6.45) is 43.5. The first-order valence-corrected chi connectivity index (χ1v) is 38.7. The van der Waals surface area contributed by atoms with E-state index >= 15 is 0 Å². The van der Waals surface area contributed by atoms with Crippen LogP contribution in [0.25, 0.3) is 54.6 Å². The highest BCUT2D eigenvalue weighted by atomic mass is 16.5. The second kappa shape index (κ2) is 41.6. The van der Waals surface area contributed by atoms with Gasteiger partial charge in [0.25, 0.3) is 0 Å². The van der Waals surface area contributed by atoms with Crippen LogP contribution >= 0.6 is 0 Å². The molecule has 0 fully saturated rings. The van der Waals surface area contributed by atoms with Crippen LogP contribution in [0.3, 0.4) is 0 Å². The van der Waals surface area contributed by atoms with Gasteiger partial charge in [0.1, 0.15) is 11.5 Å². The van der Waals surface area contributed by atoms with Crippen molar-refractivity contribution < 1.29 is 14.2 Å². The first-order valence-electron chi connectivity index (χ1n) is 38.7. The van der Waals surface area contributed by atoms with Crippen LogP contribution in [-0.4, -0.2) is 19.8 Å². The highest BCUT2D eigenvalue weighted by molar-refractivity contribution is 6.05. The fourth-order valence-electron chi connectivity index (χ4n) is 14.4. The van der Waals surface area contributed by atoms with E-state index in [9.17, 15) is 0 Å². The Labute approximate surface area is 653 Å². The molecule has 11 aromatic rings. The number of unbranched alkanes of at least 4 members (excludes halogenated alkanes) is 1. The molecule has 109 heavy (non-hydrogen) atoms. The lowest BCUT2D eigenvalue weighted by Crippen LogP contribution is -2.28. The Hall–Kier alpha value is -11.5. The van der Waals surface area contributed by atoms with Crippen molar-refractivity contribution in [3.05, 3.63) is 431 Å². The SMILES string of the molecule is C=C/C(C)=C/CCCc1cc(C)ccc1-c1ccc(C)cc1.C=C/C=C/Cc1ccc(C2(c3ccc(C/C=C/C=C)cc3)c3cc(C)ccc3-c3ccc(C)cc32)cc1.C=C/C=C\CCOc1cc(C)c(OCC/C=C\C=C)c2ccc(C)cc12.CCO/C=C/C=C/Cc1ccc2c(C)c3ccccc3c(C)c2c1. The largest absolute Gasteiger partial charge is 0.501 e. The van der Waals surface area contributed by atoms with Gasteiger partial charge < -0.3 is 14.2 Å².